The molecule has 0 fully saturated rings. The molecule has 0 atom stereocenters. The summed E-state index contributed by atoms with van der Waals surface area (Å²) in [4.78, 5) is -0.102. The number of benzene rings is 2. The largest absolute Gasteiger partial charge is 0.487 e. The van der Waals surface area contributed by atoms with Crippen molar-refractivity contribution in [1.82, 2.24) is 0 Å². The summed E-state index contributed by atoms with van der Waals surface area (Å²) in [5.74, 6) is 0.150. The fourth-order valence-corrected chi connectivity index (χ4v) is 3.22. The number of primary sulfonamides is 1. The van der Waals surface area contributed by atoms with E-state index in [0.29, 0.717) is 20.1 Å². The van der Waals surface area contributed by atoms with Crippen molar-refractivity contribution in [2.75, 3.05) is 0 Å². The van der Waals surface area contributed by atoms with Crippen LogP contribution in [0.1, 0.15) is 5.56 Å². The molecule has 0 heterocycles. The molecule has 112 valence electrons. The van der Waals surface area contributed by atoms with Gasteiger partial charge in [-0.1, -0.05) is 51.3 Å². The Bertz CT molecular complexity index is 781. The monoisotopic (exact) mass is 409 g/mol. The molecule has 0 saturated carbocycles. The molecule has 4 nitrogen and oxygen atoms in total. The smallest absolute Gasteiger partial charge is 0.241 e. The van der Waals surface area contributed by atoms with Crippen molar-refractivity contribution in [3.05, 3.63) is 56.5 Å². The Morgan fingerprint density at radius 2 is 1.90 bits per heavy atom. The van der Waals surface area contributed by atoms with Crippen molar-refractivity contribution in [3.8, 4) is 5.75 Å². The molecule has 2 rings (SSSR count). The molecule has 0 aromatic heterocycles. The van der Waals surface area contributed by atoms with Crippen LogP contribution in [0.4, 0.5) is 0 Å². The van der Waals surface area contributed by atoms with Crippen molar-refractivity contribution < 1.29 is 13.2 Å². The van der Waals surface area contributed by atoms with Gasteiger partial charge in [0.25, 0.3) is 0 Å². The van der Waals surface area contributed by atoms with Crippen LogP contribution < -0.4 is 9.88 Å². The van der Waals surface area contributed by atoms with E-state index in [1.54, 1.807) is 24.3 Å². The summed E-state index contributed by atoms with van der Waals surface area (Å²) < 4.78 is 29.2. The molecule has 0 aliphatic carbocycles. The van der Waals surface area contributed by atoms with Crippen molar-refractivity contribution in [1.29, 1.82) is 0 Å². The predicted octanol–water partition coefficient (Wildman–Crippen LogP) is 3.98. The summed E-state index contributed by atoms with van der Waals surface area (Å²) in [5, 5.41) is 5.95. The van der Waals surface area contributed by atoms with Gasteiger partial charge in [0.1, 0.15) is 17.3 Å². The van der Waals surface area contributed by atoms with Crippen LogP contribution in [0.5, 0.6) is 5.75 Å². The summed E-state index contributed by atoms with van der Waals surface area (Å²) in [6.45, 7) is 0.0730. The summed E-state index contributed by atoms with van der Waals surface area (Å²) in [6, 6.07) is 9.68. The van der Waals surface area contributed by atoms with Crippen LogP contribution >= 0.6 is 39.1 Å². The molecule has 2 aromatic rings. The molecule has 0 amide bonds. The van der Waals surface area contributed by atoms with Crippen LogP contribution in [0.2, 0.25) is 10.0 Å². The molecule has 8 heteroatoms. The van der Waals surface area contributed by atoms with Crippen LogP contribution in [0.3, 0.4) is 0 Å². The van der Waals surface area contributed by atoms with Crippen LogP contribution in [0.25, 0.3) is 0 Å². The Morgan fingerprint density at radius 3 is 2.57 bits per heavy atom. The third kappa shape index (κ3) is 4.11. The van der Waals surface area contributed by atoms with Gasteiger partial charge >= 0.3 is 0 Å². The lowest BCUT2D eigenvalue weighted by Crippen LogP contribution is -2.14. The van der Waals surface area contributed by atoms with E-state index in [0.717, 1.165) is 0 Å². The Kier molecular flexibility index (Phi) is 5.16. The van der Waals surface area contributed by atoms with Gasteiger partial charge in [0, 0.05) is 10.0 Å². The maximum atomic E-state index is 11.6. The highest BCUT2D eigenvalue weighted by molar-refractivity contribution is 9.10. The number of ether oxygens (including phenoxy) is 1. The van der Waals surface area contributed by atoms with E-state index in [9.17, 15) is 8.42 Å². The normalized spacial score (nSPS) is 11.4. The Morgan fingerprint density at radius 1 is 1.19 bits per heavy atom. The molecule has 0 unspecified atom stereocenters. The van der Waals surface area contributed by atoms with Crippen molar-refractivity contribution in [2.24, 2.45) is 5.14 Å². The van der Waals surface area contributed by atoms with Gasteiger partial charge in [-0.05, 0) is 24.3 Å². The summed E-state index contributed by atoms with van der Waals surface area (Å²) in [7, 11) is -3.89. The number of sulfonamides is 1. The zero-order chi connectivity index (χ0) is 15.6. The van der Waals surface area contributed by atoms with Crippen LogP contribution in [-0.4, -0.2) is 8.42 Å². The van der Waals surface area contributed by atoms with E-state index in [-0.39, 0.29) is 17.3 Å². The SMILES string of the molecule is NS(=O)(=O)c1cc(Br)ccc1OCc1cccc(Cl)c1Cl. The Hall–Kier alpha value is -0.790. The number of nitrogens with two attached hydrogens (primary N) is 1. The van der Waals surface area contributed by atoms with Gasteiger partial charge < -0.3 is 4.74 Å². The van der Waals surface area contributed by atoms with Crippen LogP contribution in [-0.2, 0) is 16.6 Å². The minimum Gasteiger partial charge on any atom is -0.487 e. The minimum absolute atomic E-state index is 0.0730. The molecule has 0 aliphatic rings. The third-order valence-electron chi connectivity index (χ3n) is 2.63. The highest BCUT2D eigenvalue weighted by Gasteiger charge is 2.16. The van der Waals surface area contributed by atoms with E-state index >= 15 is 0 Å². The topological polar surface area (TPSA) is 69.4 Å². The quantitative estimate of drug-likeness (QED) is 0.828. The summed E-state index contributed by atoms with van der Waals surface area (Å²) in [5.41, 5.74) is 0.646. The van der Waals surface area contributed by atoms with E-state index in [1.165, 1.54) is 12.1 Å². The van der Waals surface area contributed by atoms with Crippen molar-refractivity contribution in [3.63, 3.8) is 0 Å². The molecule has 2 aromatic carbocycles. The minimum atomic E-state index is -3.89. The number of halogens is 3. The van der Waals surface area contributed by atoms with Gasteiger partial charge in [-0.2, -0.15) is 0 Å². The van der Waals surface area contributed by atoms with E-state index in [2.05, 4.69) is 15.9 Å². The van der Waals surface area contributed by atoms with Gasteiger partial charge in [0.15, 0.2) is 0 Å². The van der Waals surface area contributed by atoms with Crippen LogP contribution in [0, 0.1) is 0 Å². The maximum absolute atomic E-state index is 11.6. The first-order valence-corrected chi connectivity index (χ1v) is 8.76. The van der Waals surface area contributed by atoms with Crippen molar-refractivity contribution in [2.45, 2.75) is 11.5 Å². The molecule has 2 N–H and O–H groups in total. The molecule has 0 aliphatic heterocycles. The van der Waals surface area contributed by atoms with Gasteiger partial charge in [-0.15, -0.1) is 0 Å². The predicted molar refractivity (Wildman–Crippen MR) is 86.3 cm³/mol. The first-order chi connectivity index (χ1) is 9.79. The fraction of sp³-hybridized carbons (Fsp3) is 0.0769. The van der Waals surface area contributed by atoms with Gasteiger partial charge in [-0.3, -0.25) is 0 Å². The lowest BCUT2D eigenvalue weighted by atomic mass is 10.2. The average molecular weight is 411 g/mol. The molecule has 0 bridgehead atoms. The second-order valence-electron chi connectivity index (χ2n) is 4.14. The first-order valence-electron chi connectivity index (χ1n) is 5.67. The zero-order valence-electron chi connectivity index (χ0n) is 10.5. The number of hydrogen-bond acceptors (Lipinski definition) is 3. The molecule has 21 heavy (non-hydrogen) atoms. The van der Waals surface area contributed by atoms with E-state index < -0.39 is 10.0 Å². The Balaban J connectivity index is 2.31. The molecule has 0 radical (unpaired) electrons. The number of hydrogen-bond donors (Lipinski definition) is 1. The molecular formula is C13H10BrCl2NO3S. The highest BCUT2D eigenvalue weighted by Crippen LogP contribution is 2.30. The lowest BCUT2D eigenvalue weighted by Gasteiger charge is -2.12. The standard InChI is InChI=1S/C13H10BrCl2NO3S/c14-9-4-5-11(12(6-9)21(17,18)19)20-7-8-2-1-3-10(15)13(8)16/h1-6H,7H2,(H2,17,18,19). The Labute approximate surface area is 141 Å². The van der Waals surface area contributed by atoms with Gasteiger partial charge in [-0.25, -0.2) is 13.6 Å². The van der Waals surface area contributed by atoms with Crippen LogP contribution in [0.15, 0.2) is 45.8 Å². The van der Waals surface area contributed by atoms with E-state index in [1.807, 2.05) is 0 Å². The second-order valence-corrected chi connectivity index (χ2v) is 7.37. The van der Waals surface area contributed by atoms with Gasteiger partial charge in [0.2, 0.25) is 10.0 Å². The number of rotatable bonds is 4. The molecular weight excluding hydrogens is 401 g/mol. The third-order valence-corrected chi connectivity index (χ3v) is 4.91. The first kappa shape index (κ1) is 16.6. The van der Waals surface area contributed by atoms with E-state index in [4.69, 9.17) is 33.1 Å². The summed E-state index contributed by atoms with van der Waals surface area (Å²) >= 11 is 15.2. The second kappa shape index (κ2) is 6.54. The highest BCUT2D eigenvalue weighted by atomic mass is 79.9. The average Bonchev–Trinajstić information content (AvgIpc) is 2.40. The zero-order valence-corrected chi connectivity index (χ0v) is 14.4. The van der Waals surface area contributed by atoms with Gasteiger partial charge in [0.05, 0.1) is 10.0 Å². The summed E-state index contributed by atoms with van der Waals surface area (Å²) in [6.07, 6.45) is 0. The molecule has 0 saturated heterocycles. The fourth-order valence-electron chi connectivity index (χ4n) is 1.64. The lowest BCUT2D eigenvalue weighted by molar-refractivity contribution is 0.298. The van der Waals surface area contributed by atoms with Crippen molar-refractivity contribution >= 4 is 49.2 Å². The maximum Gasteiger partial charge on any atom is 0.241 e. The molecule has 0 spiro atoms.